The minimum absolute atomic E-state index is 0.717. The summed E-state index contributed by atoms with van der Waals surface area (Å²) >= 11 is 2.08. The highest BCUT2D eigenvalue weighted by molar-refractivity contribution is 7.99. The molecule has 2 atom stereocenters. The van der Waals surface area contributed by atoms with E-state index >= 15 is 0 Å². The normalized spacial score (nSPS) is 24.4. The Labute approximate surface area is 92.8 Å². The van der Waals surface area contributed by atoms with Gasteiger partial charge in [0.1, 0.15) is 0 Å². The molecule has 1 rings (SSSR count). The summed E-state index contributed by atoms with van der Waals surface area (Å²) in [7, 11) is 2.22. The summed E-state index contributed by atoms with van der Waals surface area (Å²) in [5.41, 5.74) is 0. The van der Waals surface area contributed by atoms with Gasteiger partial charge in [0.25, 0.3) is 0 Å². The van der Waals surface area contributed by atoms with Crippen LogP contribution in [0.1, 0.15) is 26.7 Å². The van der Waals surface area contributed by atoms with Crippen LogP contribution in [-0.2, 0) is 0 Å². The quantitative estimate of drug-likeness (QED) is 0.729. The third-order valence-corrected chi connectivity index (χ3v) is 4.33. The number of hydrogen-bond donors (Lipinski definition) is 1. The molecule has 0 spiro atoms. The van der Waals surface area contributed by atoms with Gasteiger partial charge in [0.05, 0.1) is 0 Å². The van der Waals surface area contributed by atoms with Gasteiger partial charge < -0.3 is 10.2 Å². The van der Waals surface area contributed by atoms with Gasteiger partial charge in [-0.25, -0.2) is 0 Å². The maximum Gasteiger partial charge on any atom is 0.0166 e. The lowest BCUT2D eigenvalue weighted by Crippen LogP contribution is -2.38. The Bertz CT molecular complexity index is 146. The van der Waals surface area contributed by atoms with E-state index in [1.807, 2.05) is 0 Å². The zero-order valence-corrected chi connectivity index (χ0v) is 10.6. The molecule has 1 N–H and O–H groups in total. The molecule has 0 bridgehead atoms. The second-order valence-electron chi connectivity index (χ2n) is 4.25. The zero-order valence-electron chi connectivity index (χ0n) is 9.75. The van der Waals surface area contributed by atoms with Crippen LogP contribution in [0.25, 0.3) is 0 Å². The van der Waals surface area contributed by atoms with Gasteiger partial charge in [-0.15, -0.1) is 0 Å². The predicted octanol–water partition coefficient (Wildman–Crippen LogP) is 1.81. The summed E-state index contributed by atoms with van der Waals surface area (Å²) in [5, 5.41) is 3.63. The molecular weight excluding hydrogens is 192 g/mol. The maximum atomic E-state index is 3.63. The SMILES string of the molecule is CCC(C)N(C)CCNC1CCSC1. The van der Waals surface area contributed by atoms with E-state index in [-0.39, 0.29) is 0 Å². The van der Waals surface area contributed by atoms with E-state index in [0.717, 1.165) is 18.6 Å². The van der Waals surface area contributed by atoms with E-state index in [4.69, 9.17) is 0 Å². The van der Waals surface area contributed by atoms with Gasteiger partial charge in [-0.05, 0) is 32.6 Å². The smallest absolute Gasteiger partial charge is 0.0166 e. The van der Waals surface area contributed by atoms with Gasteiger partial charge in [-0.2, -0.15) is 11.8 Å². The highest BCUT2D eigenvalue weighted by Gasteiger charge is 2.14. The van der Waals surface area contributed by atoms with Crippen LogP contribution in [0.15, 0.2) is 0 Å². The zero-order chi connectivity index (χ0) is 10.4. The van der Waals surface area contributed by atoms with Crippen molar-refractivity contribution < 1.29 is 0 Å². The van der Waals surface area contributed by atoms with Crippen molar-refractivity contribution >= 4 is 11.8 Å². The van der Waals surface area contributed by atoms with E-state index in [9.17, 15) is 0 Å². The Balaban J connectivity index is 2.02. The van der Waals surface area contributed by atoms with Crippen molar-refractivity contribution in [2.24, 2.45) is 0 Å². The first kappa shape index (κ1) is 12.3. The molecule has 0 aromatic heterocycles. The van der Waals surface area contributed by atoms with Crippen molar-refractivity contribution in [2.45, 2.75) is 38.8 Å². The molecule has 0 aliphatic carbocycles. The number of nitrogens with zero attached hydrogens (tertiary/aromatic N) is 1. The first-order valence-corrected chi connectivity index (χ1v) is 6.91. The molecule has 1 heterocycles. The Morgan fingerprint density at radius 1 is 1.57 bits per heavy atom. The first-order valence-electron chi connectivity index (χ1n) is 5.75. The number of nitrogens with one attached hydrogen (secondary N) is 1. The molecule has 3 heteroatoms. The van der Waals surface area contributed by atoms with Gasteiger partial charge in [-0.1, -0.05) is 6.92 Å². The summed E-state index contributed by atoms with van der Waals surface area (Å²) < 4.78 is 0. The molecular formula is C11H24N2S. The van der Waals surface area contributed by atoms with E-state index in [1.54, 1.807) is 0 Å². The molecule has 0 radical (unpaired) electrons. The van der Waals surface area contributed by atoms with Crippen LogP contribution in [-0.4, -0.2) is 48.6 Å². The van der Waals surface area contributed by atoms with Crippen LogP contribution in [0.4, 0.5) is 0 Å². The lowest BCUT2D eigenvalue weighted by molar-refractivity contribution is 0.249. The summed E-state index contributed by atoms with van der Waals surface area (Å²) in [6, 6.07) is 1.50. The van der Waals surface area contributed by atoms with E-state index < -0.39 is 0 Å². The molecule has 0 amide bonds. The number of rotatable bonds is 6. The molecule has 14 heavy (non-hydrogen) atoms. The van der Waals surface area contributed by atoms with Crippen LogP contribution in [0.3, 0.4) is 0 Å². The minimum atomic E-state index is 0.717. The van der Waals surface area contributed by atoms with E-state index in [1.165, 1.54) is 30.9 Å². The first-order chi connectivity index (χ1) is 6.74. The Morgan fingerprint density at radius 3 is 2.93 bits per heavy atom. The van der Waals surface area contributed by atoms with Crippen molar-refractivity contribution in [1.82, 2.24) is 10.2 Å². The van der Waals surface area contributed by atoms with Crippen LogP contribution >= 0.6 is 11.8 Å². The van der Waals surface area contributed by atoms with Crippen molar-refractivity contribution in [3.05, 3.63) is 0 Å². The Hall–Kier alpha value is 0.270. The minimum Gasteiger partial charge on any atom is -0.312 e. The molecule has 1 fully saturated rings. The van der Waals surface area contributed by atoms with Crippen molar-refractivity contribution in [2.75, 3.05) is 31.6 Å². The molecule has 1 saturated heterocycles. The highest BCUT2D eigenvalue weighted by Crippen LogP contribution is 2.16. The predicted molar refractivity (Wildman–Crippen MR) is 66.1 cm³/mol. The molecule has 0 saturated carbocycles. The van der Waals surface area contributed by atoms with Gasteiger partial charge in [0, 0.05) is 30.9 Å². The van der Waals surface area contributed by atoms with Gasteiger partial charge in [-0.3, -0.25) is 0 Å². The van der Waals surface area contributed by atoms with Crippen LogP contribution in [0.2, 0.25) is 0 Å². The van der Waals surface area contributed by atoms with E-state index in [2.05, 4.69) is 42.9 Å². The Morgan fingerprint density at radius 2 is 2.36 bits per heavy atom. The molecule has 1 aliphatic heterocycles. The fraction of sp³-hybridized carbons (Fsp3) is 1.00. The average molecular weight is 216 g/mol. The third-order valence-electron chi connectivity index (χ3n) is 3.17. The van der Waals surface area contributed by atoms with Crippen LogP contribution in [0.5, 0.6) is 0 Å². The van der Waals surface area contributed by atoms with Crippen LogP contribution < -0.4 is 5.32 Å². The molecule has 2 unspecified atom stereocenters. The topological polar surface area (TPSA) is 15.3 Å². The molecule has 0 aromatic rings. The fourth-order valence-electron chi connectivity index (χ4n) is 1.67. The number of hydrogen-bond acceptors (Lipinski definition) is 3. The maximum absolute atomic E-state index is 3.63. The average Bonchev–Trinajstić information content (AvgIpc) is 2.69. The van der Waals surface area contributed by atoms with E-state index in [0.29, 0.717) is 0 Å². The third kappa shape index (κ3) is 4.20. The lowest BCUT2D eigenvalue weighted by Gasteiger charge is -2.24. The summed E-state index contributed by atoms with van der Waals surface area (Å²) in [4.78, 5) is 2.44. The van der Waals surface area contributed by atoms with Crippen molar-refractivity contribution in [1.29, 1.82) is 0 Å². The second-order valence-corrected chi connectivity index (χ2v) is 5.40. The fourth-order valence-corrected chi connectivity index (χ4v) is 2.86. The molecule has 1 aliphatic rings. The summed E-state index contributed by atoms with van der Waals surface area (Å²) in [6.07, 6.45) is 2.60. The standard InChI is InChI=1S/C11H24N2S/c1-4-10(2)13(3)7-6-12-11-5-8-14-9-11/h10-12H,4-9H2,1-3H3. The second kappa shape index (κ2) is 6.70. The van der Waals surface area contributed by atoms with Gasteiger partial charge in [0.15, 0.2) is 0 Å². The summed E-state index contributed by atoms with van der Waals surface area (Å²) in [5.74, 6) is 2.66. The van der Waals surface area contributed by atoms with Gasteiger partial charge >= 0.3 is 0 Å². The lowest BCUT2D eigenvalue weighted by atomic mass is 10.2. The largest absolute Gasteiger partial charge is 0.312 e. The van der Waals surface area contributed by atoms with Crippen LogP contribution in [0, 0.1) is 0 Å². The highest BCUT2D eigenvalue weighted by atomic mass is 32.2. The molecule has 0 aromatic carbocycles. The monoisotopic (exact) mass is 216 g/mol. The van der Waals surface area contributed by atoms with Gasteiger partial charge in [0.2, 0.25) is 0 Å². The number of likely N-dealkylation sites (N-methyl/N-ethyl adjacent to an activating group) is 1. The Kier molecular flexibility index (Phi) is 5.90. The number of thioether (sulfide) groups is 1. The molecule has 2 nitrogen and oxygen atoms in total. The van der Waals surface area contributed by atoms with Crippen molar-refractivity contribution in [3.63, 3.8) is 0 Å². The summed E-state index contributed by atoms with van der Waals surface area (Å²) in [6.45, 7) is 6.87. The van der Waals surface area contributed by atoms with Crippen molar-refractivity contribution in [3.8, 4) is 0 Å². The molecule has 84 valence electrons.